The molecule has 2 atom stereocenters. The summed E-state index contributed by atoms with van der Waals surface area (Å²) in [6.07, 6.45) is 5.98. The van der Waals surface area contributed by atoms with E-state index in [9.17, 15) is 0 Å². The average Bonchev–Trinajstić information content (AvgIpc) is 2.85. The number of aryl methyl sites for hydroxylation is 1. The van der Waals surface area contributed by atoms with E-state index >= 15 is 0 Å². The number of nitrogens with two attached hydrogens (primary N) is 1. The minimum absolute atomic E-state index is 0.345. The van der Waals surface area contributed by atoms with Crippen molar-refractivity contribution in [3.05, 3.63) is 11.7 Å². The summed E-state index contributed by atoms with van der Waals surface area (Å²) in [4.78, 5) is 4.49. The van der Waals surface area contributed by atoms with Crippen LogP contribution < -0.4 is 5.73 Å². The van der Waals surface area contributed by atoms with Gasteiger partial charge in [0.05, 0.1) is 0 Å². The fraction of sp³-hybridized carbons (Fsp3) is 0.846. The third kappa shape index (κ3) is 2.72. The van der Waals surface area contributed by atoms with Gasteiger partial charge in [-0.15, -0.1) is 0 Å². The molecular formula is C13H23N3O2. The zero-order valence-electron chi connectivity index (χ0n) is 11.3. The van der Waals surface area contributed by atoms with Crippen LogP contribution in [0.5, 0.6) is 0 Å². The van der Waals surface area contributed by atoms with E-state index in [0.717, 1.165) is 32.1 Å². The molecule has 5 nitrogen and oxygen atoms in total. The van der Waals surface area contributed by atoms with Gasteiger partial charge in [0.1, 0.15) is 5.60 Å². The molecule has 5 heteroatoms. The van der Waals surface area contributed by atoms with Gasteiger partial charge < -0.3 is 15.0 Å². The molecule has 0 spiro atoms. The molecule has 1 fully saturated rings. The van der Waals surface area contributed by atoms with E-state index in [4.69, 9.17) is 15.0 Å². The van der Waals surface area contributed by atoms with Crippen molar-refractivity contribution in [2.75, 3.05) is 13.7 Å². The summed E-state index contributed by atoms with van der Waals surface area (Å²) in [6, 6.07) is 0. The SMILES string of the molecule is COC1(c2noc(CCCN)n2)CCCC(C)C1. The van der Waals surface area contributed by atoms with Crippen molar-refractivity contribution in [2.24, 2.45) is 11.7 Å². The quantitative estimate of drug-likeness (QED) is 0.869. The molecule has 0 saturated heterocycles. The van der Waals surface area contributed by atoms with Gasteiger partial charge in [-0.05, 0) is 38.1 Å². The van der Waals surface area contributed by atoms with Crippen molar-refractivity contribution < 1.29 is 9.26 Å². The first-order chi connectivity index (χ1) is 8.70. The highest BCUT2D eigenvalue weighted by Crippen LogP contribution is 2.41. The number of ether oxygens (including phenoxy) is 1. The van der Waals surface area contributed by atoms with Gasteiger partial charge in [-0.1, -0.05) is 18.5 Å². The monoisotopic (exact) mass is 253 g/mol. The molecule has 1 aromatic heterocycles. The normalized spacial score (nSPS) is 28.5. The molecule has 1 aromatic rings. The van der Waals surface area contributed by atoms with E-state index in [0.29, 0.717) is 24.2 Å². The molecule has 2 N–H and O–H groups in total. The lowest BCUT2D eigenvalue weighted by Crippen LogP contribution is -2.35. The van der Waals surface area contributed by atoms with E-state index in [-0.39, 0.29) is 5.60 Å². The molecule has 0 aromatic carbocycles. The fourth-order valence-electron chi connectivity index (χ4n) is 2.78. The number of hydrogen-bond donors (Lipinski definition) is 1. The number of nitrogens with zero attached hydrogens (tertiary/aromatic N) is 2. The van der Waals surface area contributed by atoms with Crippen LogP contribution in [0.25, 0.3) is 0 Å². The fourth-order valence-corrected chi connectivity index (χ4v) is 2.78. The van der Waals surface area contributed by atoms with Gasteiger partial charge in [0.25, 0.3) is 0 Å². The summed E-state index contributed by atoms with van der Waals surface area (Å²) in [6.45, 7) is 2.90. The lowest BCUT2D eigenvalue weighted by Gasteiger charge is -2.36. The Labute approximate surface area is 108 Å². The van der Waals surface area contributed by atoms with Crippen LogP contribution in [0, 0.1) is 5.92 Å². The van der Waals surface area contributed by atoms with Gasteiger partial charge in [-0.25, -0.2) is 0 Å². The van der Waals surface area contributed by atoms with Crippen LogP contribution in [0.4, 0.5) is 0 Å². The Balaban J connectivity index is 2.13. The van der Waals surface area contributed by atoms with Gasteiger partial charge in [-0.2, -0.15) is 4.98 Å². The summed E-state index contributed by atoms with van der Waals surface area (Å²) in [5.74, 6) is 2.03. The third-order valence-corrected chi connectivity index (χ3v) is 3.82. The molecule has 2 unspecified atom stereocenters. The van der Waals surface area contributed by atoms with Gasteiger partial charge >= 0.3 is 0 Å². The summed E-state index contributed by atoms with van der Waals surface area (Å²) >= 11 is 0. The smallest absolute Gasteiger partial charge is 0.226 e. The van der Waals surface area contributed by atoms with E-state index in [1.165, 1.54) is 6.42 Å². The van der Waals surface area contributed by atoms with Crippen molar-refractivity contribution >= 4 is 0 Å². The molecule has 2 rings (SSSR count). The first kappa shape index (κ1) is 13.5. The molecule has 18 heavy (non-hydrogen) atoms. The Bertz CT molecular complexity index is 380. The van der Waals surface area contributed by atoms with Crippen molar-refractivity contribution in [1.82, 2.24) is 10.1 Å². The van der Waals surface area contributed by atoms with Crippen molar-refractivity contribution in [3.63, 3.8) is 0 Å². The van der Waals surface area contributed by atoms with Crippen LogP contribution >= 0.6 is 0 Å². The molecule has 1 heterocycles. The summed E-state index contributed by atoms with van der Waals surface area (Å²) in [7, 11) is 1.74. The highest BCUT2D eigenvalue weighted by molar-refractivity contribution is 5.04. The standard InChI is InChI=1S/C13H23N3O2/c1-10-5-3-7-13(9-10,17-2)12-15-11(18-16-12)6-4-8-14/h10H,3-9,14H2,1-2H3. The maximum absolute atomic E-state index is 5.74. The molecule has 0 aliphatic heterocycles. The molecule has 0 radical (unpaired) electrons. The Morgan fingerprint density at radius 1 is 1.56 bits per heavy atom. The van der Waals surface area contributed by atoms with E-state index in [1.54, 1.807) is 7.11 Å². The second-order valence-electron chi connectivity index (χ2n) is 5.30. The molecule has 1 aliphatic carbocycles. The second kappa shape index (κ2) is 5.80. The lowest BCUT2D eigenvalue weighted by molar-refractivity contribution is -0.0658. The number of rotatable bonds is 5. The Hall–Kier alpha value is -0.940. The maximum atomic E-state index is 5.74. The van der Waals surface area contributed by atoms with Crippen molar-refractivity contribution in [1.29, 1.82) is 0 Å². The first-order valence-corrected chi connectivity index (χ1v) is 6.78. The van der Waals surface area contributed by atoms with Gasteiger partial charge in [0.15, 0.2) is 0 Å². The van der Waals surface area contributed by atoms with Crippen LogP contribution in [0.3, 0.4) is 0 Å². The minimum atomic E-state index is -0.345. The van der Waals surface area contributed by atoms with Crippen LogP contribution in [-0.2, 0) is 16.8 Å². The summed E-state index contributed by atoms with van der Waals surface area (Å²) in [5.41, 5.74) is 5.14. The number of aromatic nitrogens is 2. The first-order valence-electron chi connectivity index (χ1n) is 6.78. The number of methoxy groups -OCH3 is 1. The van der Waals surface area contributed by atoms with Crippen LogP contribution in [0.15, 0.2) is 4.52 Å². The number of hydrogen-bond acceptors (Lipinski definition) is 5. The molecule has 0 bridgehead atoms. The lowest BCUT2D eigenvalue weighted by atomic mass is 9.78. The van der Waals surface area contributed by atoms with Gasteiger partial charge in [0, 0.05) is 13.5 Å². The van der Waals surface area contributed by atoms with Crippen molar-refractivity contribution in [3.8, 4) is 0 Å². The Kier molecular flexibility index (Phi) is 4.35. The van der Waals surface area contributed by atoms with Gasteiger partial charge in [-0.3, -0.25) is 0 Å². The Morgan fingerprint density at radius 2 is 2.39 bits per heavy atom. The van der Waals surface area contributed by atoms with Crippen LogP contribution in [0.2, 0.25) is 0 Å². The largest absolute Gasteiger partial charge is 0.370 e. The van der Waals surface area contributed by atoms with Crippen molar-refractivity contribution in [2.45, 2.75) is 51.0 Å². The topological polar surface area (TPSA) is 74.2 Å². The molecule has 1 aliphatic rings. The predicted molar refractivity (Wildman–Crippen MR) is 68.0 cm³/mol. The summed E-state index contributed by atoms with van der Waals surface area (Å²) < 4.78 is 11.0. The zero-order chi connectivity index (χ0) is 13.0. The Morgan fingerprint density at radius 3 is 3.06 bits per heavy atom. The van der Waals surface area contributed by atoms with Crippen LogP contribution in [-0.4, -0.2) is 23.8 Å². The third-order valence-electron chi connectivity index (χ3n) is 3.82. The van der Waals surface area contributed by atoms with Crippen LogP contribution in [0.1, 0.15) is 50.7 Å². The molecular weight excluding hydrogens is 230 g/mol. The molecule has 0 amide bonds. The zero-order valence-corrected chi connectivity index (χ0v) is 11.3. The molecule has 102 valence electrons. The average molecular weight is 253 g/mol. The second-order valence-corrected chi connectivity index (χ2v) is 5.30. The predicted octanol–water partition coefficient (Wildman–Crippen LogP) is 2.01. The van der Waals surface area contributed by atoms with Gasteiger partial charge in [0.2, 0.25) is 11.7 Å². The minimum Gasteiger partial charge on any atom is -0.370 e. The molecule has 1 saturated carbocycles. The van der Waals surface area contributed by atoms with E-state index in [1.807, 2.05) is 0 Å². The summed E-state index contributed by atoms with van der Waals surface area (Å²) in [5, 5.41) is 4.12. The maximum Gasteiger partial charge on any atom is 0.226 e. The van der Waals surface area contributed by atoms with E-state index in [2.05, 4.69) is 17.1 Å². The highest BCUT2D eigenvalue weighted by Gasteiger charge is 2.40. The highest BCUT2D eigenvalue weighted by atomic mass is 16.5. The van der Waals surface area contributed by atoms with E-state index < -0.39 is 0 Å².